The van der Waals surface area contributed by atoms with Crippen LogP contribution in [0.5, 0.6) is 0 Å². The minimum Gasteiger partial charge on any atom is -0.463 e. The number of esters is 1. The summed E-state index contributed by atoms with van der Waals surface area (Å²) >= 11 is 0. The molecule has 0 aliphatic heterocycles. The van der Waals surface area contributed by atoms with E-state index in [9.17, 15) is 4.79 Å². The first kappa shape index (κ1) is 10.4. The zero-order valence-electron chi connectivity index (χ0n) is 6.97. The highest BCUT2D eigenvalue weighted by Crippen LogP contribution is 1.85. The molecular weight excluding hydrogens is 144 g/mol. The van der Waals surface area contributed by atoms with E-state index in [1.807, 2.05) is 6.92 Å². The maximum Gasteiger partial charge on any atom is 0.305 e. The van der Waals surface area contributed by atoms with Crippen molar-refractivity contribution >= 4 is 5.97 Å². The van der Waals surface area contributed by atoms with E-state index in [0.717, 1.165) is 13.0 Å². The summed E-state index contributed by atoms with van der Waals surface area (Å²) in [7, 11) is 0. The van der Waals surface area contributed by atoms with Crippen LogP contribution in [0.2, 0.25) is 0 Å². The summed E-state index contributed by atoms with van der Waals surface area (Å²) in [6.45, 7) is 6.97. The minimum atomic E-state index is -0.273. The summed E-state index contributed by atoms with van der Waals surface area (Å²) in [4.78, 5) is 10.5. The Kier molecular flexibility index (Phi) is 7.15. The number of ether oxygens (including phenoxy) is 2. The molecule has 0 aromatic heterocycles. The van der Waals surface area contributed by atoms with Crippen LogP contribution in [-0.4, -0.2) is 25.8 Å². The van der Waals surface area contributed by atoms with Crippen LogP contribution in [-0.2, 0) is 14.3 Å². The van der Waals surface area contributed by atoms with Crippen molar-refractivity contribution in [1.82, 2.24) is 0 Å². The third kappa shape index (κ3) is 7.33. The van der Waals surface area contributed by atoms with Gasteiger partial charge in [-0.1, -0.05) is 6.92 Å². The molecule has 0 fully saturated rings. The van der Waals surface area contributed by atoms with Crippen molar-refractivity contribution in [2.45, 2.75) is 19.8 Å². The molecule has 0 amide bonds. The molecule has 0 rings (SSSR count). The molecule has 0 atom stereocenters. The van der Waals surface area contributed by atoms with Crippen LogP contribution in [0.3, 0.4) is 0 Å². The van der Waals surface area contributed by atoms with Crippen LogP contribution < -0.4 is 0 Å². The fourth-order valence-electron chi connectivity index (χ4n) is 0.533. The van der Waals surface area contributed by atoms with Gasteiger partial charge >= 0.3 is 5.97 Å². The number of rotatable bonds is 6. The van der Waals surface area contributed by atoms with Gasteiger partial charge in [0, 0.05) is 13.0 Å². The van der Waals surface area contributed by atoms with Gasteiger partial charge in [0.2, 0.25) is 0 Å². The van der Waals surface area contributed by atoms with Crippen LogP contribution in [0.15, 0.2) is 0 Å². The summed E-state index contributed by atoms with van der Waals surface area (Å²) in [5.41, 5.74) is 0. The average molecular weight is 159 g/mol. The van der Waals surface area contributed by atoms with Crippen molar-refractivity contribution in [2.75, 3.05) is 19.8 Å². The molecule has 0 aliphatic rings. The molecule has 0 aromatic carbocycles. The third-order valence-corrected chi connectivity index (χ3v) is 1.04. The second kappa shape index (κ2) is 7.54. The van der Waals surface area contributed by atoms with Crippen molar-refractivity contribution in [2.24, 2.45) is 0 Å². The smallest absolute Gasteiger partial charge is 0.305 e. The van der Waals surface area contributed by atoms with Gasteiger partial charge in [-0.3, -0.25) is 4.79 Å². The molecule has 0 aliphatic carbocycles. The van der Waals surface area contributed by atoms with E-state index < -0.39 is 0 Å². The van der Waals surface area contributed by atoms with Gasteiger partial charge < -0.3 is 9.47 Å². The molecule has 0 aromatic rings. The number of carbonyl (C=O) groups is 1. The highest BCUT2D eigenvalue weighted by Gasteiger charge is 1.96. The monoisotopic (exact) mass is 159 g/mol. The predicted octanol–water partition coefficient (Wildman–Crippen LogP) is 1.18. The molecule has 0 bridgehead atoms. The van der Waals surface area contributed by atoms with E-state index in [4.69, 9.17) is 9.47 Å². The predicted molar refractivity (Wildman–Crippen MR) is 42.0 cm³/mol. The van der Waals surface area contributed by atoms with E-state index in [2.05, 4.69) is 6.92 Å². The van der Waals surface area contributed by atoms with Crippen LogP contribution in [0, 0.1) is 6.92 Å². The van der Waals surface area contributed by atoms with E-state index >= 15 is 0 Å². The van der Waals surface area contributed by atoms with Gasteiger partial charge in [-0.25, -0.2) is 0 Å². The van der Waals surface area contributed by atoms with E-state index in [1.165, 1.54) is 0 Å². The summed E-state index contributed by atoms with van der Waals surface area (Å²) in [6, 6.07) is 0. The van der Waals surface area contributed by atoms with Gasteiger partial charge in [0.15, 0.2) is 0 Å². The van der Waals surface area contributed by atoms with Crippen LogP contribution in [0.1, 0.15) is 19.8 Å². The van der Waals surface area contributed by atoms with Gasteiger partial charge in [-0.05, 0) is 13.3 Å². The molecule has 0 heterocycles. The first-order valence-corrected chi connectivity index (χ1v) is 3.83. The Labute approximate surface area is 67.7 Å². The lowest BCUT2D eigenvalue weighted by Crippen LogP contribution is -2.09. The lowest BCUT2D eigenvalue weighted by molar-refractivity contribution is -0.144. The highest BCUT2D eigenvalue weighted by molar-refractivity contribution is 5.69. The van der Waals surface area contributed by atoms with Crippen LogP contribution >= 0.6 is 0 Å². The molecule has 0 N–H and O–H groups in total. The van der Waals surface area contributed by atoms with Gasteiger partial charge in [-0.15, -0.1) is 0 Å². The molecule has 0 spiro atoms. The standard InChI is InChI=1S/C8H15O3/c1-3-5-10-6-7-11-8(9)4-2/h2-7H2,1H3. The molecule has 0 unspecified atom stereocenters. The highest BCUT2D eigenvalue weighted by atomic mass is 16.6. The molecule has 0 saturated carbocycles. The number of hydrogen-bond donors (Lipinski definition) is 0. The Morgan fingerprint density at radius 2 is 2.09 bits per heavy atom. The molecule has 3 nitrogen and oxygen atoms in total. The lowest BCUT2D eigenvalue weighted by atomic mass is 10.5. The van der Waals surface area contributed by atoms with Gasteiger partial charge in [0.25, 0.3) is 0 Å². The molecule has 11 heavy (non-hydrogen) atoms. The molecule has 3 heteroatoms. The Morgan fingerprint density at radius 1 is 1.36 bits per heavy atom. The molecule has 0 saturated heterocycles. The second-order valence-electron chi connectivity index (χ2n) is 2.08. The van der Waals surface area contributed by atoms with Crippen molar-refractivity contribution in [3.8, 4) is 0 Å². The first-order valence-electron chi connectivity index (χ1n) is 3.83. The fourth-order valence-corrected chi connectivity index (χ4v) is 0.533. The fraction of sp³-hybridized carbons (Fsp3) is 0.750. The van der Waals surface area contributed by atoms with Gasteiger partial charge in [-0.2, -0.15) is 0 Å². The molecular formula is C8H15O3. The Bertz CT molecular complexity index is 102. The van der Waals surface area contributed by atoms with Crippen molar-refractivity contribution < 1.29 is 14.3 Å². The normalized spacial score (nSPS) is 9.64. The topological polar surface area (TPSA) is 35.5 Å². The first-order chi connectivity index (χ1) is 5.31. The lowest BCUT2D eigenvalue weighted by Gasteiger charge is -2.02. The molecule has 1 radical (unpaired) electrons. The Balaban J connectivity index is 2.95. The summed E-state index contributed by atoms with van der Waals surface area (Å²) < 4.78 is 9.79. The van der Waals surface area contributed by atoms with Gasteiger partial charge in [0.05, 0.1) is 6.61 Å². The average Bonchev–Trinajstić information content (AvgIpc) is 2.04. The van der Waals surface area contributed by atoms with Crippen molar-refractivity contribution in [3.05, 3.63) is 6.92 Å². The number of carbonyl (C=O) groups excluding carboxylic acids is 1. The summed E-state index contributed by atoms with van der Waals surface area (Å²) in [5.74, 6) is -0.273. The number of hydrogen-bond acceptors (Lipinski definition) is 3. The van der Waals surface area contributed by atoms with Crippen LogP contribution in [0.4, 0.5) is 0 Å². The van der Waals surface area contributed by atoms with E-state index in [-0.39, 0.29) is 12.4 Å². The Morgan fingerprint density at radius 3 is 2.64 bits per heavy atom. The zero-order valence-corrected chi connectivity index (χ0v) is 6.97. The summed E-state index contributed by atoms with van der Waals surface area (Å²) in [5, 5.41) is 0. The zero-order chi connectivity index (χ0) is 8.53. The Hall–Kier alpha value is -0.570. The summed E-state index contributed by atoms with van der Waals surface area (Å²) in [6.07, 6.45) is 1.18. The maximum atomic E-state index is 10.5. The third-order valence-electron chi connectivity index (χ3n) is 1.04. The minimum absolute atomic E-state index is 0.188. The van der Waals surface area contributed by atoms with Crippen molar-refractivity contribution in [1.29, 1.82) is 0 Å². The quantitative estimate of drug-likeness (QED) is 0.431. The van der Waals surface area contributed by atoms with Crippen molar-refractivity contribution in [3.63, 3.8) is 0 Å². The SMILES string of the molecule is [CH2]CC(=O)OCCOCCC. The second-order valence-corrected chi connectivity index (χ2v) is 2.08. The van der Waals surface area contributed by atoms with E-state index in [0.29, 0.717) is 13.2 Å². The largest absolute Gasteiger partial charge is 0.463 e. The van der Waals surface area contributed by atoms with Gasteiger partial charge in [0.1, 0.15) is 6.61 Å². The molecule has 65 valence electrons. The van der Waals surface area contributed by atoms with Crippen LogP contribution in [0.25, 0.3) is 0 Å². The maximum absolute atomic E-state index is 10.5. The van der Waals surface area contributed by atoms with E-state index in [1.54, 1.807) is 0 Å².